The minimum Gasteiger partial charge on any atom is -0.379 e. The van der Waals surface area contributed by atoms with Crippen LogP contribution in [0.15, 0.2) is 35.2 Å². The number of thiazole rings is 1. The second-order valence-electron chi connectivity index (χ2n) is 6.24. The van der Waals surface area contributed by atoms with Gasteiger partial charge in [-0.1, -0.05) is 12.1 Å². The van der Waals surface area contributed by atoms with Crippen molar-refractivity contribution in [3.05, 3.63) is 46.7 Å². The summed E-state index contributed by atoms with van der Waals surface area (Å²) < 4.78 is 11.5. The van der Waals surface area contributed by atoms with Gasteiger partial charge in [-0.05, 0) is 18.6 Å². The molecule has 0 aliphatic carbocycles. The molecule has 2 atom stereocenters. The Hall–Kier alpha value is -2.29. The predicted molar refractivity (Wildman–Crippen MR) is 97.9 cm³/mol. The normalized spacial score (nSPS) is 20.3. The number of carbonyl (C=O) groups excluding carboxylic acids is 1. The number of aromatic nitrogens is 3. The Balaban J connectivity index is 1.35. The number of imidazole rings is 1. The lowest BCUT2D eigenvalue weighted by Crippen LogP contribution is -2.51. The third-order valence-electron chi connectivity index (χ3n) is 4.33. The molecule has 1 aromatic carbocycles. The fourth-order valence-corrected chi connectivity index (χ4v) is 3.60. The van der Waals surface area contributed by atoms with Crippen LogP contribution in [0.25, 0.3) is 11.0 Å². The van der Waals surface area contributed by atoms with Gasteiger partial charge in [-0.25, -0.2) is 9.97 Å². The van der Waals surface area contributed by atoms with Crippen LogP contribution in [0.1, 0.15) is 17.9 Å². The van der Waals surface area contributed by atoms with Gasteiger partial charge in [-0.2, -0.15) is 0 Å². The molecule has 1 saturated heterocycles. The van der Waals surface area contributed by atoms with E-state index in [0.29, 0.717) is 25.6 Å². The smallest absolute Gasteiger partial charge is 0.227 e. The summed E-state index contributed by atoms with van der Waals surface area (Å²) in [5.74, 6) is 0.558. The van der Waals surface area contributed by atoms with Gasteiger partial charge in [0, 0.05) is 12.0 Å². The average molecular weight is 372 g/mol. The molecule has 26 heavy (non-hydrogen) atoms. The first kappa shape index (κ1) is 17.1. The predicted octanol–water partition coefficient (Wildman–Crippen LogP) is 2.05. The zero-order chi connectivity index (χ0) is 17.8. The SMILES string of the molecule is O=C(Cc1nc2ccccc2[nH]1)NC1COCCC1OCc1cscn1. The van der Waals surface area contributed by atoms with E-state index in [2.05, 4.69) is 20.3 Å². The van der Waals surface area contributed by atoms with E-state index in [9.17, 15) is 4.79 Å². The lowest BCUT2D eigenvalue weighted by Gasteiger charge is -2.31. The average Bonchev–Trinajstić information content (AvgIpc) is 3.29. The number of ether oxygens (including phenoxy) is 2. The molecule has 1 amide bonds. The number of nitrogens with one attached hydrogen (secondary N) is 2. The molecule has 2 aromatic heterocycles. The molecule has 0 spiro atoms. The van der Waals surface area contributed by atoms with Gasteiger partial charge in [0.2, 0.25) is 5.91 Å². The van der Waals surface area contributed by atoms with Gasteiger partial charge >= 0.3 is 0 Å². The highest BCUT2D eigenvalue weighted by Gasteiger charge is 2.28. The van der Waals surface area contributed by atoms with Crippen LogP contribution in [0.2, 0.25) is 0 Å². The second-order valence-corrected chi connectivity index (χ2v) is 6.96. The Morgan fingerprint density at radius 3 is 3.19 bits per heavy atom. The fraction of sp³-hybridized carbons (Fsp3) is 0.389. The minimum absolute atomic E-state index is 0.0786. The number of rotatable bonds is 6. The number of para-hydroxylation sites is 2. The first-order valence-electron chi connectivity index (χ1n) is 8.57. The summed E-state index contributed by atoms with van der Waals surface area (Å²) in [4.78, 5) is 24.3. The molecule has 0 saturated carbocycles. The molecule has 0 radical (unpaired) electrons. The molecule has 3 heterocycles. The van der Waals surface area contributed by atoms with E-state index >= 15 is 0 Å². The molecule has 1 fully saturated rings. The van der Waals surface area contributed by atoms with Crippen molar-refractivity contribution >= 4 is 28.3 Å². The van der Waals surface area contributed by atoms with Gasteiger partial charge in [-0.3, -0.25) is 4.79 Å². The maximum atomic E-state index is 12.4. The van der Waals surface area contributed by atoms with Crippen molar-refractivity contribution in [1.29, 1.82) is 0 Å². The number of fused-ring (bicyclic) bond motifs is 1. The van der Waals surface area contributed by atoms with Gasteiger partial charge in [-0.15, -0.1) is 11.3 Å². The summed E-state index contributed by atoms with van der Waals surface area (Å²) in [5, 5.41) is 4.99. The fourth-order valence-electron chi connectivity index (χ4n) is 3.05. The molecule has 2 N–H and O–H groups in total. The minimum atomic E-state index is -0.167. The molecule has 1 aliphatic rings. The van der Waals surface area contributed by atoms with Crippen LogP contribution in [0.5, 0.6) is 0 Å². The van der Waals surface area contributed by atoms with Crippen molar-refractivity contribution in [2.24, 2.45) is 0 Å². The summed E-state index contributed by atoms with van der Waals surface area (Å²) in [6.07, 6.45) is 0.869. The lowest BCUT2D eigenvalue weighted by molar-refractivity contribution is -0.126. The summed E-state index contributed by atoms with van der Waals surface area (Å²) >= 11 is 1.54. The Bertz CT molecular complexity index is 831. The Morgan fingerprint density at radius 1 is 1.42 bits per heavy atom. The Morgan fingerprint density at radius 2 is 2.35 bits per heavy atom. The zero-order valence-corrected chi connectivity index (χ0v) is 15.0. The quantitative estimate of drug-likeness (QED) is 0.691. The van der Waals surface area contributed by atoms with E-state index in [4.69, 9.17) is 9.47 Å². The van der Waals surface area contributed by atoms with Crippen LogP contribution in [0, 0.1) is 0 Å². The first-order valence-corrected chi connectivity index (χ1v) is 9.51. The number of amides is 1. The van der Waals surface area contributed by atoms with Crippen molar-refractivity contribution in [1.82, 2.24) is 20.3 Å². The van der Waals surface area contributed by atoms with Crippen molar-refractivity contribution < 1.29 is 14.3 Å². The molecule has 2 unspecified atom stereocenters. The van der Waals surface area contributed by atoms with Crippen molar-refractivity contribution in [3.8, 4) is 0 Å². The monoisotopic (exact) mass is 372 g/mol. The lowest BCUT2D eigenvalue weighted by atomic mass is 10.1. The first-order chi connectivity index (χ1) is 12.8. The van der Waals surface area contributed by atoms with E-state index in [1.54, 1.807) is 16.8 Å². The van der Waals surface area contributed by atoms with Gasteiger partial charge < -0.3 is 19.8 Å². The van der Waals surface area contributed by atoms with Crippen LogP contribution >= 0.6 is 11.3 Å². The van der Waals surface area contributed by atoms with Gasteiger partial charge in [0.05, 0.1) is 54.0 Å². The standard InChI is InChI=1S/C18H20N4O3S/c23-18(7-17-20-13-3-1-2-4-14(13)21-17)22-15-9-24-6-5-16(15)25-8-12-10-26-11-19-12/h1-4,10-11,15-16H,5-9H2,(H,20,21)(H,22,23). The highest BCUT2D eigenvalue weighted by molar-refractivity contribution is 7.07. The molecule has 136 valence electrons. The van der Waals surface area contributed by atoms with E-state index < -0.39 is 0 Å². The van der Waals surface area contributed by atoms with Crippen LogP contribution in [-0.4, -0.2) is 46.2 Å². The molecular weight excluding hydrogens is 352 g/mol. The number of aromatic amines is 1. The van der Waals surface area contributed by atoms with Crippen LogP contribution < -0.4 is 5.32 Å². The summed E-state index contributed by atoms with van der Waals surface area (Å²) in [5.41, 5.74) is 4.49. The number of benzene rings is 1. The Kier molecular flexibility index (Phi) is 5.24. The zero-order valence-electron chi connectivity index (χ0n) is 14.2. The second kappa shape index (κ2) is 7.94. The highest BCUT2D eigenvalue weighted by atomic mass is 32.1. The maximum absolute atomic E-state index is 12.4. The van der Waals surface area contributed by atoms with Crippen molar-refractivity contribution in [2.75, 3.05) is 13.2 Å². The van der Waals surface area contributed by atoms with E-state index in [0.717, 1.165) is 23.1 Å². The summed E-state index contributed by atoms with van der Waals surface area (Å²) in [6, 6.07) is 7.57. The van der Waals surface area contributed by atoms with Gasteiger partial charge in [0.1, 0.15) is 5.82 Å². The topological polar surface area (TPSA) is 89.1 Å². The third-order valence-corrected chi connectivity index (χ3v) is 4.97. The number of hydrogen-bond acceptors (Lipinski definition) is 6. The molecule has 8 heteroatoms. The van der Waals surface area contributed by atoms with Crippen LogP contribution in [-0.2, 0) is 27.3 Å². The van der Waals surface area contributed by atoms with Gasteiger partial charge in [0.15, 0.2) is 0 Å². The van der Waals surface area contributed by atoms with E-state index in [-0.39, 0.29) is 24.5 Å². The maximum Gasteiger partial charge on any atom is 0.227 e. The number of hydrogen-bond donors (Lipinski definition) is 2. The van der Waals surface area contributed by atoms with Crippen molar-refractivity contribution in [3.63, 3.8) is 0 Å². The molecular formula is C18H20N4O3S. The molecule has 3 aromatic rings. The molecule has 1 aliphatic heterocycles. The number of carbonyl (C=O) groups is 1. The third kappa shape index (κ3) is 4.09. The van der Waals surface area contributed by atoms with Crippen LogP contribution in [0.3, 0.4) is 0 Å². The largest absolute Gasteiger partial charge is 0.379 e. The summed E-state index contributed by atoms with van der Waals surface area (Å²) in [7, 11) is 0. The Labute approximate surface area is 154 Å². The molecule has 7 nitrogen and oxygen atoms in total. The van der Waals surface area contributed by atoms with Gasteiger partial charge in [0.25, 0.3) is 0 Å². The summed E-state index contributed by atoms with van der Waals surface area (Å²) in [6.45, 7) is 1.54. The van der Waals surface area contributed by atoms with Crippen molar-refractivity contribution in [2.45, 2.75) is 31.6 Å². The number of nitrogens with zero attached hydrogens (tertiary/aromatic N) is 2. The van der Waals surface area contributed by atoms with E-state index in [1.165, 1.54) is 0 Å². The van der Waals surface area contributed by atoms with E-state index in [1.807, 2.05) is 29.6 Å². The number of H-pyrrole nitrogens is 1. The molecule has 4 rings (SSSR count). The molecule has 0 bridgehead atoms. The highest BCUT2D eigenvalue weighted by Crippen LogP contribution is 2.15. The van der Waals surface area contributed by atoms with Crippen LogP contribution in [0.4, 0.5) is 0 Å².